The lowest BCUT2D eigenvalue weighted by molar-refractivity contribution is -0.336. The molecule has 0 aromatic carbocycles. The van der Waals surface area contributed by atoms with Crippen LogP contribution < -0.4 is 0 Å². The van der Waals surface area contributed by atoms with E-state index in [2.05, 4.69) is 31.2 Å². The smallest absolute Gasteiger partial charge is 0.303 e. The Hall–Kier alpha value is -1.13. The number of hydrogen-bond donors (Lipinski definition) is 1. The number of hydrogen-bond acceptors (Lipinski definition) is 3. The molecule has 2 bridgehead atoms. The third-order valence-electron chi connectivity index (χ3n) is 5.09. The highest BCUT2D eigenvalue weighted by atomic mass is 17.2. The fourth-order valence-electron chi connectivity index (χ4n) is 3.70. The van der Waals surface area contributed by atoms with Gasteiger partial charge in [-0.3, -0.25) is 4.79 Å². The number of aliphatic carboxylic acids is 1. The lowest BCUT2D eigenvalue weighted by atomic mass is 9.89. The first-order valence-electron chi connectivity index (χ1n) is 9.58. The molecule has 0 radical (unpaired) electrons. The summed E-state index contributed by atoms with van der Waals surface area (Å²) in [6, 6.07) is 0. The van der Waals surface area contributed by atoms with Crippen LogP contribution in [-0.2, 0) is 14.6 Å². The minimum atomic E-state index is -0.716. The molecule has 0 aromatic heterocycles. The molecule has 1 aliphatic carbocycles. The van der Waals surface area contributed by atoms with Crippen LogP contribution in [0.5, 0.6) is 0 Å². The second kappa shape index (κ2) is 10.7. The van der Waals surface area contributed by atoms with Crippen molar-refractivity contribution in [3.63, 3.8) is 0 Å². The Morgan fingerprint density at radius 3 is 2.62 bits per heavy atom. The molecule has 1 unspecified atom stereocenters. The molecular weight excluding hydrogens is 304 g/mol. The molecule has 1 aliphatic heterocycles. The molecule has 2 rings (SSSR count). The molecule has 0 aromatic rings. The van der Waals surface area contributed by atoms with Gasteiger partial charge < -0.3 is 5.11 Å². The average molecular weight is 336 g/mol. The molecule has 1 N–H and O–H groups in total. The van der Waals surface area contributed by atoms with Gasteiger partial charge in [0.2, 0.25) is 0 Å². The van der Waals surface area contributed by atoms with Crippen molar-refractivity contribution in [2.45, 2.75) is 83.3 Å². The summed E-state index contributed by atoms with van der Waals surface area (Å²) in [7, 11) is 0. The van der Waals surface area contributed by atoms with Crippen LogP contribution >= 0.6 is 0 Å². The van der Waals surface area contributed by atoms with Crippen molar-refractivity contribution in [2.24, 2.45) is 11.8 Å². The van der Waals surface area contributed by atoms with Crippen LogP contribution in [0.1, 0.15) is 71.1 Å². The third kappa shape index (κ3) is 6.06. The highest BCUT2D eigenvalue weighted by Crippen LogP contribution is 2.44. The van der Waals surface area contributed by atoms with E-state index >= 15 is 0 Å². The molecule has 136 valence electrons. The summed E-state index contributed by atoms with van der Waals surface area (Å²) < 4.78 is 0. The van der Waals surface area contributed by atoms with Crippen LogP contribution in [0.3, 0.4) is 0 Å². The second-order valence-electron chi connectivity index (χ2n) is 7.02. The molecule has 1 saturated heterocycles. The van der Waals surface area contributed by atoms with E-state index in [4.69, 9.17) is 14.9 Å². The molecule has 2 fully saturated rings. The molecule has 2 aliphatic rings. The predicted octanol–water partition coefficient (Wildman–Crippen LogP) is 5.05. The Labute approximate surface area is 145 Å². The maximum Gasteiger partial charge on any atom is 0.303 e. The minimum Gasteiger partial charge on any atom is -0.481 e. The first-order valence-corrected chi connectivity index (χ1v) is 9.58. The largest absolute Gasteiger partial charge is 0.481 e. The number of fused-ring (bicyclic) bond motifs is 2. The Kier molecular flexibility index (Phi) is 8.54. The number of carbonyl (C=O) groups is 1. The van der Waals surface area contributed by atoms with E-state index < -0.39 is 5.97 Å². The third-order valence-corrected chi connectivity index (χ3v) is 5.09. The number of carboxylic acid groups (broad SMARTS) is 1. The van der Waals surface area contributed by atoms with Crippen LogP contribution in [0.4, 0.5) is 0 Å². The Morgan fingerprint density at radius 2 is 1.83 bits per heavy atom. The van der Waals surface area contributed by atoms with E-state index in [9.17, 15) is 4.79 Å². The number of unbranched alkanes of at least 4 members (excludes halogenated alkanes) is 5. The van der Waals surface area contributed by atoms with E-state index in [0.29, 0.717) is 18.3 Å². The van der Waals surface area contributed by atoms with Crippen molar-refractivity contribution in [3.05, 3.63) is 24.3 Å². The maximum atomic E-state index is 10.5. The van der Waals surface area contributed by atoms with E-state index in [1.54, 1.807) is 0 Å². The summed E-state index contributed by atoms with van der Waals surface area (Å²) in [5.74, 6) is 0.233. The molecule has 4 heteroatoms. The van der Waals surface area contributed by atoms with Gasteiger partial charge in [0.25, 0.3) is 0 Å². The SMILES string of the molecule is CCCCCC/C=C/[C@@H]1C(C/C=C\CCCC(=O)O)[C@@H]2C[C@H]1OO2. The van der Waals surface area contributed by atoms with Crippen molar-refractivity contribution in [2.75, 3.05) is 0 Å². The fourth-order valence-corrected chi connectivity index (χ4v) is 3.70. The van der Waals surface area contributed by atoms with E-state index in [-0.39, 0.29) is 18.6 Å². The highest BCUT2D eigenvalue weighted by molar-refractivity contribution is 5.66. The Bertz CT molecular complexity index is 429. The minimum absolute atomic E-state index is 0.215. The van der Waals surface area contributed by atoms with Crippen molar-refractivity contribution >= 4 is 5.97 Å². The van der Waals surface area contributed by atoms with Gasteiger partial charge in [0.15, 0.2) is 0 Å². The van der Waals surface area contributed by atoms with Gasteiger partial charge in [-0.25, -0.2) is 9.78 Å². The summed E-state index contributed by atoms with van der Waals surface area (Å²) in [5.41, 5.74) is 0. The normalized spacial score (nSPS) is 29.2. The highest BCUT2D eigenvalue weighted by Gasteiger charge is 2.49. The van der Waals surface area contributed by atoms with Crippen LogP contribution in [0.15, 0.2) is 24.3 Å². The Balaban J connectivity index is 1.72. The van der Waals surface area contributed by atoms with Crippen molar-refractivity contribution in [1.29, 1.82) is 0 Å². The molecule has 4 nitrogen and oxygen atoms in total. The van der Waals surface area contributed by atoms with Gasteiger partial charge >= 0.3 is 5.97 Å². The van der Waals surface area contributed by atoms with Gasteiger partial charge in [-0.15, -0.1) is 0 Å². The zero-order valence-electron chi connectivity index (χ0n) is 14.9. The summed E-state index contributed by atoms with van der Waals surface area (Å²) in [6.07, 6.45) is 19.6. The van der Waals surface area contributed by atoms with Crippen LogP contribution in [-0.4, -0.2) is 23.3 Å². The summed E-state index contributed by atoms with van der Waals surface area (Å²) >= 11 is 0. The first kappa shape index (κ1) is 19.2. The molecule has 1 heterocycles. The number of allylic oxidation sites excluding steroid dienone is 3. The topological polar surface area (TPSA) is 55.8 Å². The average Bonchev–Trinajstić information content (AvgIpc) is 3.15. The predicted molar refractivity (Wildman–Crippen MR) is 94.5 cm³/mol. The molecular formula is C20H32O4. The molecule has 24 heavy (non-hydrogen) atoms. The van der Waals surface area contributed by atoms with Gasteiger partial charge in [0.1, 0.15) is 6.10 Å². The summed E-state index contributed by atoms with van der Waals surface area (Å²) in [4.78, 5) is 21.3. The van der Waals surface area contributed by atoms with Crippen molar-refractivity contribution in [3.8, 4) is 0 Å². The summed E-state index contributed by atoms with van der Waals surface area (Å²) in [5, 5.41) is 8.64. The molecule has 1 saturated carbocycles. The van der Waals surface area contributed by atoms with Crippen molar-refractivity contribution in [1.82, 2.24) is 0 Å². The van der Waals surface area contributed by atoms with Gasteiger partial charge in [-0.05, 0) is 32.1 Å². The quantitative estimate of drug-likeness (QED) is 0.308. The van der Waals surface area contributed by atoms with Crippen molar-refractivity contribution < 1.29 is 19.7 Å². The molecule has 4 atom stereocenters. The summed E-state index contributed by atoms with van der Waals surface area (Å²) in [6.45, 7) is 2.24. The fraction of sp³-hybridized carbons (Fsp3) is 0.750. The molecule has 0 amide bonds. The second-order valence-corrected chi connectivity index (χ2v) is 7.02. The van der Waals surface area contributed by atoms with Crippen LogP contribution in [0.2, 0.25) is 0 Å². The van der Waals surface area contributed by atoms with E-state index in [1.807, 2.05) is 0 Å². The lowest BCUT2D eigenvalue weighted by Crippen LogP contribution is -2.28. The first-order chi connectivity index (χ1) is 11.7. The van der Waals surface area contributed by atoms with Gasteiger partial charge in [0, 0.05) is 24.7 Å². The number of rotatable bonds is 12. The maximum absolute atomic E-state index is 10.5. The van der Waals surface area contributed by atoms with E-state index in [1.165, 1.54) is 25.7 Å². The van der Waals surface area contributed by atoms with Crippen LogP contribution in [0.25, 0.3) is 0 Å². The van der Waals surface area contributed by atoms with E-state index in [0.717, 1.165) is 25.7 Å². The Morgan fingerprint density at radius 1 is 1.04 bits per heavy atom. The molecule has 0 spiro atoms. The zero-order valence-corrected chi connectivity index (χ0v) is 14.9. The van der Waals surface area contributed by atoms with Gasteiger partial charge in [-0.2, -0.15) is 0 Å². The monoisotopic (exact) mass is 336 g/mol. The lowest BCUT2D eigenvalue weighted by Gasteiger charge is -2.27. The zero-order chi connectivity index (χ0) is 17.2. The van der Waals surface area contributed by atoms with Crippen LogP contribution in [0, 0.1) is 11.8 Å². The standard InChI is InChI=1S/C20H32O4/c1-2-3-4-5-6-9-12-16-17(19-15-18(16)23-24-19)13-10-7-8-11-14-20(21)22/h7,9-10,12,16-19H,2-6,8,11,13-15H2,1H3,(H,21,22)/b10-7-,12-9+/t16-,17?,18-,19+/m1/s1. The number of carboxylic acids is 1. The van der Waals surface area contributed by atoms with Gasteiger partial charge in [0.05, 0.1) is 6.10 Å². The van der Waals surface area contributed by atoms with Gasteiger partial charge in [-0.1, -0.05) is 50.5 Å².